The van der Waals surface area contributed by atoms with Crippen LogP contribution in [-0.2, 0) is 26.5 Å². The average molecular weight is 335 g/mol. The smallest absolute Gasteiger partial charge is 0.238 e. The van der Waals surface area contributed by atoms with Gasteiger partial charge in [-0.05, 0) is 49.7 Å². The lowest BCUT2D eigenvalue weighted by atomic mass is 9.95. The summed E-state index contributed by atoms with van der Waals surface area (Å²) in [5, 5.41) is 1.92. The van der Waals surface area contributed by atoms with Crippen LogP contribution < -0.4 is 5.32 Å². The molecule has 4 nitrogen and oxygen atoms in total. The SMILES string of the molecule is CCCS(=O)(=O)[C@H](C)C(=O)NC[C@H]1C[C@]12CCc1ccccc12. The molecule has 126 valence electrons. The molecule has 1 fully saturated rings. The molecule has 1 N–H and O–H groups in total. The van der Waals surface area contributed by atoms with Crippen molar-refractivity contribution in [3.05, 3.63) is 35.4 Å². The van der Waals surface area contributed by atoms with Crippen LogP contribution in [0.15, 0.2) is 24.3 Å². The van der Waals surface area contributed by atoms with Crippen LogP contribution in [0.25, 0.3) is 0 Å². The molecule has 2 aliphatic rings. The second kappa shape index (κ2) is 5.93. The van der Waals surface area contributed by atoms with Crippen LogP contribution in [0, 0.1) is 5.92 Å². The minimum Gasteiger partial charge on any atom is -0.355 e. The highest BCUT2D eigenvalue weighted by Gasteiger charge is 2.57. The Labute approximate surface area is 138 Å². The fourth-order valence-electron chi connectivity index (χ4n) is 3.99. The number of amides is 1. The highest BCUT2D eigenvalue weighted by molar-refractivity contribution is 7.92. The molecule has 0 radical (unpaired) electrons. The number of carbonyl (C=O) groups excluding carboxylic acids is 1. The molecule has 0 aromatic heterocycles. The van der Waals surface area contributed by atoms with Gasteiger partial charge in [-0.1, -0.05) is 31.2 Å². The lowest BCUT2D eigenvalue weighted by molar-refractivity contribution is -0.120. The number of hydrogen-bond donors (Lipinski definition) is 1. The van der Waals surface area contributed by atoms with Crippen LogP contribution in [-0.4, -0.2) is 31.9 Å². The first-order valence-corrected chi connectivity index (χ1v) is 10.2. The molecule has 3 rings (SSSR count). The highest BCUT2D eigenvalue weighted by atomic mass is 32.2. The first kappa shape index (κ1) is 16.5. The Bertz CT molecular complexity index is 713. The van der Waals surface area contributed by atoms with Gasteiger partial charge in [-0.25, -0.2) is 8.42 Å². The van der Waals surface area contributed by atoms with Crippen LogP contribution >= 0.6 is 0 Å². The van der Waals surface area contributed by atoms with Gasteiger partial charge in [0.15, 0.2) is 9.84 Å². The molecule has 1 saturated carbocycles. The zero-order valence-corrected chi connectivity index (χ0v) is 14.7. The standard InChI is InChI=1S/C18H25NO3S/c1-3-10-23(21,22)13(2)17(20)19-12-15-11-18(15)9-8-14-6-4-5-7-16(14)18/h4-7,13,15H,3,8-12H2,1-2H3,(H,19,20)/t13-,15-,18-/m1/s1. The number of aryl methyl sites for hydroxylation is 1. The van der Waals surface area contributed by atoms with E-state index in [0.29, 0.717) is 18.9 Å². The van der Waals surface area contributed by atoms with E-state index in [1.54, 1.807) is 0 Å². The number of sulfone groups is 1. The Morgan fingerprint density at radius 2 is 2.13 bits per heavy atom. The van der Waals surface area contributed by atoms with Gasteiger partial charge in [-0.2, -0.15) is 0 Å². The second-order valence-electron chi connectivity index (χ2n) is 6.97. The van der Waals surface area contributed by atoms with Gasteiger partial charge in [0.25, 0.3) is 0 Å². The molecule has 0 bridgehead atoms. The van der Waals surface area contributed by atoms with E-state index in [1.165, 1.54) is 18.1 Å². The highest BCUT2D eigenvalue weighted by Crippen LogP contribution is 2.61. The largest absolute Gasteiger partial charge is 0.355 e. The average Bonchev–Trinajstić information content (AvgIpc) is 3.11. The summed E-state index contributed by atoms with van der Waals surface area (Å²) in [6.45, 7) is 3.89. The van der Waals surface area contributed by atoms with Gasteiger partial charge in [0, 0.05) is 12.0 Å². The molecule has 3 atom stereocenters. The summed E-state index contributed by atoms with van der Waals surface area (Å²) < 4.78 is 24.0. The molecule has 0 heterocycles. The van der Waals surface area contributed by atoms with E-state index in [9.17, 15) is 13.2 Å². The Kier molecular flexibility index (Phi) is 4.25. The van der Waals surface area contributed by atoms with Crippen molar-refractivity contribution < 1.29 is 13.2 Å². The van der Waals surface area contributed by atoms with E-state index < -0.39 is 15.1 Å². The predicted octanol–water partition coefficient (Wildman–Crippen LogP) is 2.22. The molecule has 1 aromatic carbocycles. The van der Waals surface area contributed by atoms with E-state index in [0.717, 1.165) is 19.3 Å². The van der Waals surface area contributed by atoms with Gasteiger partial charge in [0.1, 0.15) is 5.25 Å². The number of nitrogens with one attached hydrogen (secondary N) is 1. The van der Waals surface area contributed by atoms with E-state index in [1.807, 2.05) is 6.92 Å². The third-order valence-electron chi connectivity index (χ3n) is 5.55. The normalized spacial score (nSPS) is 26.8. The van der Waals surface area contributed by atoms with Gasteiger partial charge in [-0.15, -0.1) is 0 Å². The third-order valence-corrected chi connectivity index (χ3v) is 7.81. The number of benzene rings is 1. The van der Waals surface area contributed by atoms with Crippen molar-refractivity contribution in [2.45, 2.75) is 50.2 Å². The molecule has 1 aromatic rings. The maximum Gasteiger partial charge on any atom is 0.238 e. The lowest BCUT2D eigenvalue weighted by Crippen LogP contribution is -2.40. The topological polar surface area (TPSA) is 63.2 Å². The first-order valence-electron chi connectivity index (χ1n) is 8.48. The van der Waals surface area contributed by atoms with Crippen molar-refractivity contribution >= 4 is 15.7 Å². The summed E-state index contributed by atoms with van der Waals surface area (Å²) in [7, 11) is -3.33. The van der Waals surface area contributed by atoms with Gasteiger partial charge in [0.05, 0.1) is 5.75 Å². The Hall–Kier alpha value is -1.36. The number of rotatable bonds is 6. The summed E-state index contributed by atoms with van der Waals surface area (Å²) in [4.78, 5) is 12.2. The molecule has 0 saturated heterocycles. The van der Waals surface area contributed by atoms with Crippen LogP contribution in [0.4, 0.5) is 0 Å². The van der Waals surface area contributed by atoms with Gasteiger partial charge in [0.2, 0.25) is 5.91 Å². The molecular formula is C18H25NO3S. The van der Waals surface area contributed by atoms with Crippen LogP contribution in [0.5, 0.6) is 0 Å². The molecule has 0 unspecified atom stereocenters. The maximum atomic E-state index is 12.2. The molecule has 23 heavy (non-hydrogen) atoms. The molecule has 1 amide bonds. The van der Waals surface area contributed by atoms with E-state index in [-0.39, 0.29) is 17.1 Å². The number of fused-ring (bicyclic) bond motifs is 2. The van der Waals surface area contributed by atoms with Gasteiger partial charge in [-0.3, -0.25) is 4.79 Å². The second-order valence-corrected chi connectivity index (χ2v) is 9.41. The summed E-state index contributed by atoms with van der Waals surface area (Å²) >= 11 is 0. The molecule has 2 aliphatic carbocycles. The Morgan fingerprint density at radius 3 is 2.87 bits per heavy atom. The number of hydrogen-bond acceptors (Lipinski definition) is 3. The zero-order valence-electron chi connectivity index (χ0n) is 13.8. The fourth-order valence-corrected chi connectivity index (χ4v) is 5.32. The minimum atomic E-state index is -3.33. The molecule has 1 spiro atoms. The van der Waals surface area contributed by atoms with E-state index >= 15 is 0 Å². The van der Waals surface area contributed by atoms with Crippen LogP contribution in [0.3, 0.4) is 0 Å². The molecule has 0 aliphatic heterocycles. The van der Waals surface area contributed by atoms with Crippen molar-refractivity contribution in [2.75, 3.05) is 12.3 Å². The van der Waals surface area contributed by atoms with Gasteiger partial charge >= 0.3 is 0 Å². The van der Waals surface area contributed by atoms with Crippen molar-refractivity contribution in [1.82, 2.24) is 5.32 Å². The summed E-state index contributed by atoms with van der Waals surface area (Å²) in [6.07, 6.45) is 3.90. The van der Waals surface area contributed by atoms with Crippen molar-refractivity contribution in [2.24, 2.45) is 5.92 Å². The fraction of sp³-hybridized carbons (Fsp3) is 0.611. The monoisotopic (exact) mass is 335 g/mol. The minimum absolute atomic E-state index is 0.0718. The van der Waals surface area contributed by atoms with Crippen molar-refractivity contribution in [1.29, 1.82) is 0 Å². The zero-order chi connectivity index (χ0) is 16.7. The van der Waals surface area contributed by atoms with Crippen molar-refractivity contribution in [3.8, 4) is 0 Å². The third kappa shape index (κ3) is 2.91. The Morgan fingerprint density at radius 1 is 1.39 bits per heavy atom. The predicted molar refractivity (Wildman–Crippen MR) is 91.1 cm³/mol. The molecular weight excluding hydrogens is 310 g/mol. The van der Waals surface area contributed by atoms with Crippen LogP contribution in [0.1, 0.15) is 44.2 Å². The van der Waals surface area contributed by atoms with Crippen LogP contribution in [0.2, 0.25) is 0 Å². The summed E-state index contributed by atoms with van der Waals surface area (Å²) in [5.41, 5.74) is 3.10. The van der Waals surface area contributed by atoms with E-state index in [2.05, 4.69) is 29.6 Å². The quantitative estimate of drug-likeness (QED) is 0.867. The summed E-state index contributed by atoms with van der Waals surface area (Å²) in [6, 6.07) is 8.56. The maximum absolute atomic E-state index is 12.2. The van der Waals surface area contributed by atoms with Crippen molar-refractivity contribution in [3.63, 3.8) is 0 Å². The first-order chi connectivity index (χ1) is 10.9. The Balaban J connectivity index is 1.58. The summed E-state index contributed by atoms with van der Waals surface area (Å²) in [5.74, 6) is 0.158. The van der Waals surface area contributed by atoms with E-state index in [4.69, 9.17) is 0 Å². The number of carbonyl (C=O) groups is 1. The van der Waals surface area contributed by atoms with Gasteiger partial charge < -0.3 is 5.32 Å². The lowest BCUT2D eigenvalue weighted by Gasteiger charge is -2.15. The molecule has 5 heteroatoms.